The number of nitrogens with zero attached hydrogens (tertiary/aromatic N) is 3. The molecule has 26 heavy (non-hydrogen) atoms. The van der Waals surface area contributed by atoms with Gasteiger partial charge >= 0.3 is 0 Å². The molecule has 5 nitrogen and oxygen atoms in total. The first-order valence-corrected chi connectivity index (χ1v) is 8.82. The van der Waals surface area contributed by atoms with Crippen molar-refractivity contribution in [3.05, 3.63) is 85.5 Å². The maximum Gasteiger partial charge on any atom is 0.262 e. The Morgan fingerprint density at radius 2 is 1.77 bits per heavy atom. The number of para-hydroxylation sites is 1. The summed E-state index contributed by atoms with van der Waals surface area (Å²) in [4.78, 5) is 19.8. The number of hydrogen-bond donors (Lipinski definition) is 1. The Balaban J connectivity index is 1.87. The molecule has 0 spiro atoms. The summed E-state index contributed by atoms with van der Waals surface area (Å²) >= 11 is 18.6. The maximum absolute atomic E-state index is 12.4. The van der Waals surface area contributed by atoms with Gasteiger partial charge in [-0.3, -0.25) is 4.79 Å². The summed E-state index contributed by atoms with van der Waals surface area (Å²) in [7, 11) is 0. The van der Waals surface area contributed by atoms with Crippen LogP contribution in [0.4, 0.5) is 0 Å². The number of aromatic nitrogens is 4. The van der Waals surface area contributed by atoms with Crippen molar-refractivity contribution in [1.82, 2.24) is 19.7 Å². The number of hydrogen-bond acceptors (Lipinski definition) is 3. The van der Waals surface area contributed by atoms with Gasteiger partial charge in [0.15, 0.2) is 5.65 Å². The molecule has 2 aromatic carbocycles. The molecule has 0 amide bonds. The zero-order chi connectivity index (χ0) is 18.3. The van der Waals surface area contributed by atoms with Gasteiger partial charge < -0.3 is 4.98 Å². The van der Waals surface area contributed by atoms with Crippen LogP contribution in [0, 0.1) is 0 Å². The first-order valence-electron chi connectivity index (χ1n) is 7.68. The normalized spacial score (nSPS) is 11.2. The van der Waals surface area contributed by atoms with Gasteiger partial charge in [0.2, 0.25) is 0 Å². The monoisotopic (exact) mass is 404 g/mol. The van der Waals surface area contributed by atoms with E-state index in [0.717, 1.165) is 5.56 Å². The Morgan fingerprint density at radius 3 is 2.50 bits per heavy atom. The average Bonchev–Trinajstić information content (AvgIpc) is 2.99. The molecule has 4 aromatic rings. The third kappa shape index (κ3) is 3.09. The van der Waals surface area contributed by atoms with E-state index in [2.05, 4.69) is 15.1 Å². The summed E-state index contributed by atoms with van der Waals surface area (Å²) in [5, 5.41) is 6.07. The second kappa shape index (κ2) is 6.76. The molecule has 1 N–H and O–H groups in total. The zero-order valence-electron chi connectivity index (χ0n) is 13.2. The first-order chi connectivity index (χ1) is 12.5. The number of aromatic amines is 1. The molecule has 0 radical (unpaired) electrons. The highest BCUT2D eigenvalue weighted by Gasteiger charge is 2.16. The second-order valence-corrected chi connectivity index (χ2v) is 6.93. The lowest BCUT2D eigenvalue weighted by Gasteiger charge is -2.08. The summed E-state index contributed by atoms with van der Waals surface area (Å²) in [5.74, 6) is 0.495. The molecule has 0 bridgehead atoms. The predicted octanol–water partition coefficient (Wildman–Crippen LogP) is 4.66. The van der Waals surface area contributed by atoms with E-state index in [0.29, 0.717) is 44.0 Å². The van der Waals surface area contributed by atoms with Crippen LogP contribution in [0.2, 0.25) is 15.1 Å². The highest BCUT2D eigenvalue weighted by molar-refractivity contribution is 6.37. The molecular weight excluding hydrogens is 395 g/mol. The fourth-order valence-corrected chi connectivity index (χ4v) is 3.51. The van der Waals surface area contributed by atoms with Crippen LogP contribution in [0.25, 0.3) is 16.7 Å². The molecule has 8 heteroatoms. The third-order valence-electron chi connectivity index (χ3n) is 3.90. The van der Waals surface area contributed by atoms with Crippen LogP contribution < -0.4 is 5.56 Å². The van der Waals surface area contributed by atoms with E-state index >= 15 is 0 Å². The van der Waals surface area contributed by atoms with E-state index in [1.165, 1.54) is 10.9 Å². The second-order valence-electron chi connectivity index (χ2n) is 5.68. The number of fused-ring (bicyclic) bond motifs is 1. The molecule has 130 valence electrons. The first kappa shape index (κ1) is 17.1. The minimum absolute atomic E-state index is 0.276. The van der Waals surface area contributed by atoms with Crippen molar-refractivity contribution >= 4 is 45.8 Å². The Bertz CT molecular complexity index is 1160. The van der Waals surface area contributed by atoms with Gasteiger partial charge in [0, 0.05) is 11.4 Å². The molecular formula is C18H11Cl3N4O. The predicted molar refractivity (Wildman–Crippen MR) is 104 cm³/mol. The molecule has 0 aliphatic rings. The van der Waals surface area contributed by atoms with Gasteiger partial charge in [-0.1, -0.05) is 53.0 Å². The van der Waals surface area contributed by atoms with Gasteiger partial charge in [-0.15, -0.1) is 0 Å². The van der Waals surface area contributed by atoms with Crippen LogP contribution in [0.3, 0.4) is 0 Å². The van der Waals surface area contributed by atoms with Crippen molar-refractivity contribution in [3.8, 4) is 5.69 Å². The van der Waals surface area contributed by atoms with Gasteiger partial charge in [0.1, 0.15) is 16.9 Å². The van der Waals surface area contributed by atoms with E-state index < -0.39 is 0 Å². The van der Waals surface area contributed by atoms with Crippen LogP contribution in [0.15, 0.2) is 53.5 Å². The Kier molecular flexibility index (Phi) is 4.44. The summed E-state index contributed by atoms with van der Waals surface area (Å²) in [5.41, 5.74) is 1.53. The molecule has 4 rings (SSSR count). The van der Waals surface area contributed by atoms with Crippen molar-refractivity contribution in [1.29, 1.82) is 0 Å². The van der Waals surface area contributed by atoms with Crippen molar-refractivity contribution in [2.24, 2.45) is 0 Å². The van der Waals surface area contributed by atoms with Gasteiger partial charge in [0.25, 0.3) is 5.56 Å². The molecule has 0 saturated carbocycles. The number of rotatable bonds is 3. The van der Waals surface area contributed by atoms with E-state index in [4.69, 9.17) is 34.8 Å². The van der Waals surface area contributed by atoms with Crippen LogP contribution >= 0.6 is 34.8 Å². The standard InChI is InChI=1S/C18H11Cl3N4O/c19-11-4-1-3-10(7-11)8-15-23-17-12(18(26)24-15)9-22-25(17)16-13(20)5-2-6-14(16)21/h1-7,9H,8H2,(H,23,24,26). The third-order valence-corrected chi connectivity index (χ3v) is 4.74. The van der Waals surface area contributed by atoms with Crippen LogP contribution in [-0.4, -0.2) is 19.7 Å². The van der Waals surface area contributed by atoms with Gasteiger partial charge in [-0.05, 0) is 29.8 Å². The van der Waals surface area contributed by atoms with Crippen LogP contribution in [0.5, 0.6) is 0 Å². The van der Waals surface area contributed by atoms with Crippen LogP contribution in [0.1, 0.15) is 11.4 Å². The van der Waals surface area contributed by atoms with Crippen molar-refractivity contribution < 1.29 is 0 Å². The van der Waals surface area contributed by atoms with E-state index in [1.54, 1.807) is 24.3 Å². The van der Waals surface area contributed by atoms with Crippen molar-refractivity contribution in [2.45, 2.75) is 6.42 Å². The van der Waals surface area contributed by atoms with Gasteiger partial charge in [-0.25, -0.2) is 9.67 Å². The summed E-state index contributed by atoms with van der Waals surface area (Å²) in [6.07, 6.45) is 1.87. The number of benzene rings is 2. The number of H-pyrrole nitrogens is 1. The largest absolute Gasteiger partial charge is 0.310 e. The fraction of sp³-hybridized carbons (Fsp3) is 0.0556. The van der Waals surface area contributed by atoms with E-state index in [-0.39, 0.29) is 5.56 Å². The molecule has 0 fully saturated rings. The highest BCUT2D eigenvalue weighted by atomic mass is 35.5. The lowest BCUT2D eigenvalue weighted by Crippen LogP contribution is -2.13. The summed E-state index contributed by atoms with van der Waals surface area (Å²) in [6, 6.07) is 12.5. The molecule has 0 atom stereocenters. The number of nitrogens with one attached hydrogen (secondary N) is 1. The minimum Gasteiger partial charge on any atom is -0.310 e. The SMILES string of the molecule is O=c1[nH]c(Cc2cccc(Cl)c2)nc2c1cnn2-c1c(Cl)cccc1Cl. The van der Waals surface area contributed by atoms with Crippen molar-refractivity contribution in [2.75, 3.05) is 0 Å². The Labute approximate surface area is 163 Å². The van der Waals surface area contributed by atoms with Crippen molar-refractivity contribution in [3.63, 3.8) is 0 Å². The molecule has 0 aliphatic heterocycles. The smallest absolute Gasteiger partial charge is 0.262 e. The summed E-state index contributed by atoms with van der Waals surface area (Å²) < 4.78 is 1.48. The lowest BCUT2D eigenvalue weighted by atomic mass is 10.1. The maximum atomic E-state index is 12.4. The van der Waals surface area contributed by atoms with E-state index in [9.17, 15) is 4.79 Å². The Hall–Kier alpha value is -2.34. The molecule has 0 aliphatic carbocycles. The molecule has 0 unspecified atom stereocenters. The summed E-state index contributed by atoms with van der Waals surface area (Å²) in [6.45, 7) is 0. The number of halogens is 3. The molecule has 2 aromatic heterocycles. The quantitative estimate of drug-likeness (QED) is 0.539. The van der Waals surface area contributed by atoms with Gasteiger partial charge in [0.05, 0.1) is 16.2 Å². The Morgan fingerprint density at radius 1 is 1.04 bits per heavy atom. The molecule has 2 heterocycles. The minimum atomic E-state index is -0.276. The van der Waals surface area contributed by atoms with E-state index in [1.807, 2.05) is 18.2 Å². The molecule has 0 saturated heterocycles. The fourth-order valence-electron chi connectivity index (χ4n) is 2.74. The highest BCUT2D eigenvalue weighted by Crippen LogP contribution is 2.29. The topological polar surface area (TPSA) is 63.6 Å². The van der Waals surface area contributed by atoms with Gasteiger partial charge in [-0.2, -0.15) is 5.10 Å². The zero-order valence-corrected chi connectivity index (χ0v) is 15.5. The van der Waals surface area contributed by atoms with Crippen LogP contribution in [-0.2, 0) is 6.42 Å². The lowest BCUT2D eigenvalue weighted by molar-refractivity contribution is 0.880. The average molecular weight is 406 g/mol.